The van der Waals surface area contributed by atoms with Crippen molar-refractivity contribution in [1.29, 1.82) is 0 Å². The van der Waals surface area contributed by atoms with Crippen molar-refractivity contribution in [2.45, 2.75) is 30.0 Å². The molecule has 0 unspecified atom stereocenters. The van der Waals surface area contributed by atoms with Crippen LogP contribution in [0.4, 0.5) is 17.1 Å². The Morgan fingerprint density at radius 2 is 1.65 bits per heavy atom. The number of amides is 2. The second kappa shape index (κ2) is 16.1. The fourth-order valence-electron chi connectivity index (χ4n) is 4.85. The van der Waals surface area contributed by atoms with E-state index >= 15 is 0 Å². The molecule has 260 valence electrons. The standard InChI is InChI=1S/C35H31N7O6S3/c1-21-9-11-26(15-22(21)2)48-18-31-39-40-34(41(31)24-7-5-4-6-8-24)49-19-32(43)36-23-10-13-28-30(16-23)51-35(38-28)50-20-33(44)37-27-14-12-25(47-3)17-29(27)42(45)46/h4-17H,18-20H2,1-3H3,(H,36,43)(H,37,44). The summed E-state index contributed by atoms with van der Waals surface area (Å²) in [6.07, 6.45) is 0. The maximum absolute atomic E-state index is 13.1. The molecule has 16 heteroatoms. The van der Waals surface area contributed by atoms with Crippen LogP contribution in [0, 0.1) is 24.0 Å². The number of carbonyl (C=O) groups is 2. The number of hydrogen-bond acceptors (Lipinski definition) is 12. The van der Waals surface area contributed by atoms with Gasteiger partial charge in [0.1, 0.15) is 23.8 Å². The van der Waals surface area contributed by atoms with E-state index in [0.717, 1.165) is 21.7 Å². The monoisotopic (exact) mass is 741 g/mol. The Kier molecular flexibility index (Phi) is 11.1. The molecule has 0 spiro atoms. The number of ether oxygens (including phenoxy) is 2. The van der Waals surface area contributed by atoms with Crippen LogP contribution < -0.4 is 20.1 Å². The van der Waals surface area contributed by atoms with Gasteiger partial charge < -0.3 is 20.1 Å². The zero-order valence-electron chi connectivity index (χ0n) is 27.6. The molecule has 0 radical (unpaired) electrons. The fourth-order valence-corrected chi connectivity index (χ4v) is 7.53. The lowest BCUT2D eigenvalue weighted by Crippen LogP contribution is -2.15. The molecule has 2 amide bonds. The van der Waals surface area contributed by atoms with E-state index in [-0.39, 0.29) is 35.4 Å². The minimum Gasteiger partial charge on any atom is -0.496 e. The van der Waals surface area contributed by atoms with Crippen molar-refractivity contribution >= 4 is 74.0 Å². The number of fused-ring (bicyclic) bond motifs is 1. The molecule has 0 atom stereocenters. The van der Waals surface area contributed by atoms with Gasteiger partial charge in [-0.25, -0.2) is 4.98 Å². The summed E-state index contributed by atoms with van der Waals surface area (Å²) < 4.78 is 14.4. The molecule has 4 aromatic carbocycles. The summed E-state index contributed by atoms with van der Waals surface area (Å²) in [6, 6.07) is 25.2. The molecule has 0 saturated carbocycles. The number of hydrogen-bond donors (Lipinski definition) is 2. The van der Waals surface area contributed by atoms with Crippen LogP contribution >= 0.6 is 34.9 Å². The largest absolute Gasteiger partial charge is 0.496 e. The predicted octanol–water partition coefficient (Wildman–Crippen LogP) is 7.45. The average Bonchev–Trinajstić information content (AvgIpc) is 3.74. The number of benzene rings is 4. The first kappa shape index (κ1) is 35.4. The number of para-hydroxylation sites is 1. The van der Waals surface area contributed by atoms with Gasteiger partial charge in [-0.05, 0) is 79.6 Å². The van der Waals surface area contributed by atoms with Crippen LogP contribution in [-0.2, 0) is 16.2 Å². The number of thiazole rings is 1. The van der Waals surface area contributed by atoms with E-state index in [4.69, 9.17) is 9.47 Å². The average molecular weight is 742 g/mol. The van der Waals surface area contributed by atoms with Gasteiger partial charge in [0, 0.05) is 11.4 Å². The third kappa shape index (κ3) is 8.83. The molecular formula is C35H31N7O6S3. The Morgan fingerprint density at radius 3 is 2.41 bits per heavy atom. The highest BCUT2D eigenvalue weighted by atomic mass is 32.2. The van der Waals surface area contributed by atoms with Gasteiger partial charge in [0.05, 0.1) is 39.8 Å². The van der Waals surface area contributed by atoms with Crippen molar-refractivity contribution in [3.05, 3.63) is 112 Å². The molecule has 0 fully saturated rings. The summed E-state index contributed by atoms with van der Waals surface area (Å²) in [7, 11) is 1.41. The number of nitro groups is 1. The maximum Gasteiger partial charge on any atom is 0.296 e. The van der Waals surface area contributed by atoms with Crippen LogP contribution in [0.5, 0.6) is 11.5 Å². The van der Waals surface area contributed by atoms with E-state index in [9.17, 15) is 19.7 Å². The maximum atomic E-state index is 13.1. The van der Waals surface area contributed by atoms with Gasteiger partial charge in [0.25, 0.3) is 5.69 Å². The van der Waals surface area contributed by atoms with Gasteiger partial charge in [-0.15, -0.1) is 21.5 Å². The second-order valence-corrected chi connectivity index (χ2v) is 14.3. The lowest BCUT2D eigenvalue weighted by molar-refractivity contribution is -0.384. The van der Waals surface area contributed by atoms with E-state index in [2.05, 4.69) is 32.7 Å². The summed E-state index contributed by atoms with van der Waals surface area (Å²) >= 11 is 3.85. The number of rotatable bonds is 14. The van der Waals surface area contributed by atoms with Crippen molar-refractivity contribution in [3.63, 3.8) is 0 Å². The normalized spacial score (nSPS) is 11.0. The smallest absolute Gasteiger partial charge is 0.296 e. The number of carbonyl (C=O) groups excluding carboxylic acids is 2. The third-order valence-corrected chi connectivity index (χ3v) is 10.6. The summed E-state index contributed by atoms with van der Waals surface area (Å²) in [4.78, 5) is 41.1. The van der Waals surface area contributed by atoms with Crippen molar-refractivity contribution in [2.24, 2.45) is 0 Å². The molecule has 0 aliphatic heterocycles. The second-order valence-electron chi connectivity index (χ2n) is 11.1. The molecule has 0 aliphatic rings. The van der Waals surface area contributed by atoms with Crippen LogP contribution in [0.3, 0.4) is 0 Å². The topological polar surface area (TPSA) is 163 Å². The lowest BCUT2D eigenvalue weighted by Gasteiger charge is -2.12. The molecule has 2 heterocycles. The van der Waals surface area contributed by atoms with Gasteiger partial charge in [0.2, 0.25) is 11.8 Å². The van der Waals surface area contributed by atoms with Crippen molar-refractivity contribution in [2.75, 3.05) is 29.2 Å². The number of nitro benzene ring substituents is 1. The molecule has 0 saturated heterocycles. The van der Waals surface area contributed by atoms with Crippen molar-refractivity contribution in [1.82, 2.24) is 19.7 Å². The van der Waals surface area contributed by atoms with Crippen LogP contribution in [0.25, 0.3) is 15.9 Å². The molecule has 13 nitrogen and oxygen atoms in total. The molecule has 0 aliphatic carbocycles. The molecule has 2 aromatic heterocycles. The van der Waals surface area contributed by atoms with Crippen LogP contribution in [0.1, 0.15) is 17.0 Å². The molecular weight excluding hydrogens is 711 g/mol. The minimum atomic E-state index is -0.578. The first-order valence-electron chi connectivity index (χ1n) is 15.4. The van der Waals surface area contributed by atoms with E-state index in [1.54, 1.807) is 12.1 Å². The zero-order valence-corrected chi connectivity index (χ0v) is 30.1. The van der Waals surface area contributed by atoms with Crippen molar-refractivity contribution in [3.8, 4) is 17.2 Å². The number of aryl methyl sites for hydroxylation is 2. The summed E-state index contributed by atoms with van der Waals surface area (Å²) in [6.45, 7) is 4.28. The molecule has 51 heavy (non-hydrogen) atoms. The van der Waals surface area contributed by atoms with Gasteiger partial charge in [-0.3, -0.25) is 24.3 Å². The van der Waals surface area contributed by atoms with Gasteiger partial charge >= 0.3 is 0 Å². The van der Waals surface area contributed by atoms with Gasteiger partial charge in [0.15, 0.2) is 15.3 Å². The number of thioether (sulfide) groups is 2. The molecule has 6 aromatic rings. The Balaban J connectivity index is 1.06. The first-order valence-corrected chi connectivity index (χ1v) is 18.2. The van der Waals surface area contributed by atoms with Crippen LogP contribution in [-0.4, -0.2) is 55.1 Å². The number of aromatic nitrogens is 4. The Bertz CT molecular complexity index is 2220. The predicted molar refractivity (Wildman–Crippen MR) is 200 cm³/mol. The van der Waals surface area contributed by atoms with Crippen LogP contribution in [0.15, 0.2) is 94.4 Å². The first-order chi connectivity index (χ1) is 24.7. The van der Waals surface area contributed by atoms with E-state index in [1.165, 1.54) is 65.7 Å². The Hall–Kier alpha value is -5.45. The number of methoxy groups -OCH3 is 1. The fraction of sp³-hybridized carbons (Fsp3) is 0.171. The van der Waals surface area contributed by atoms with E-state index in [0.29, 0.717) is 32.3 Å². The Labute approximate surface area is 304 Å². The zero-order chi connectivity index (χ0) is 35.9. The summed E-state index contributed by atoms with van der Waals surface area (Å²) in [5.41, 5.74) is 4.31. The highest BCUT2D eigenvalue weighted by Gasteiger charge is 2.19. The summed E-state index contributed by atoms with van der Waals surface area (Å²) in [5.74, 6) is 1.10. The summed E-state index contributed by atoms with van der Waals surface area (Å²) in [5, 5.41) is 26.3. The van der Waals surface area contributed by atoms with Crippen LogP contribution in [0.2, 0.25) is 0 Å². The quantitative estimate of drug-likeness (QED) is 0.0648. The molecule has 6 rings (SSSR count). The number of nitrogens with one attached hydrogen (secondary N) is 2. The Morgan fingerprint density at radius 1 is 0.882 bits per heavy atom. The molecule has 0 bridgehead atoms. The van der Waals surface area contributed by atoms with E-state index in [1.807, 2.05) is 66.1 Å². The molecule has 2 N–H and O–H groups in total. The highest BCUT2D eigenvalue weighted by Crippen LogP contribution is 2.33. The lowest BCUT2D eigenvalue weighted by atomic mass is 10.1. The van der Waals surface area contributed by atoms with Crippen molar-refractivity contribution < 1.29 is 24.0 Å². The van der Waals surface area contributed by atoms with E-state index < -0.39 is 10.8 Å². The number of anilines is 2. The minimum absolute atomic E-state index is 0.00309. The number of nitrogens with zero attached hydrogens (tertiary/aromatic N) is 5. The SMILES string of the molecule is COc1ccc(NC(=O)CSc2nc3ccc(NC(=O)CSc4nnc(COc5ccc(C)c(C)c5)n4-c4ccccc4)cc3s2)c([N+](=O)[O-])c1. The third-order valence-electron chi connectivity index (χ3n) is 7.55. The van der Waals surface area contributed by atoms with Gasteiger partial charge in [-0.2, -0.15) is 0 Å². The van der Waals surface area contributed by atoms with Gasteiger partial charge in [-0.1, -0.05) is 47.8 Å². The highest BCUT2D eigenvalue weighted by molar-refractivity contribution is 8.01.